The van der Waals surface area contributed by atoms with Crippen LogP contribution in [0.15, 0.2) is 67.1 Å². The molecule has 2 aliphatic heterocycles. The summed E-state index contributed by atoms with van der Waals surface area (Å²) in [6, 6.07) is 15.2. The fourth-order valence-corrected chi connectivity index (χ4v) is 6.04. The van der Waals surface area contributed by atoms with Gasteiger partial charge in [0.25, 0.3) is 0 Å². The lowest BCUT2D eigenvalue weighted by Gasteiger charge is -2.38. The van der Waals surface area contributed by atoms with Gasteiger partial charge >= 0.3 is 0 Å². The summed E-state index contributed by atoms with van der Waals surface area (Å²) in [5.41, 5.74) is 5.20. The van der Waals surface area contributed by atoms with Crippen LogP contribution in [0, 0.1) is 5.82 Å². The molecule has 2 N–H and O–H groups in total. The lowest BCUT2D eigenvalue weighted by atomic mass is 9.95. The van der Waals surface area contributed by atoms with E-state index < -0.39 is 6.23 Å². The van der Waals surface area contributed by atoms with Gasteiger partial charge in [0.05, 0.1) is 5.69 Å². The van der Waals surface area contributed by atoms with Gasteiger partial charge in [0.2, 0.25) is 5.95 Å². The maximum Gasteiger partial charge on any atom is 0.229 e. The Labute approximate surface area is 256 Å². The number of aliphatic hydroxyl groups is 1. The molecule has 0 saturated carbocycles. The SMILES string of the molecule is CCN1c2nc(Nc3ccc(N4CCN(C(C)C)CC4)c(F)c3)ncc2C=C(c2ccc(-c3cccnc3)cc2Cl)C1O. The summed E-state index contributed by atoms with van der Waals surface area (Å²) in [7, 11) is 0. The third-order valence-corrected chi connectivity index (χ3v) is 8.47. The van der Waals surface area contributed by atoms with E-state index in [0.29, 0.717) is 46.3 Å². The number of nitrogens with zero attached hydrogens (tertiary/aromatic N) is 6. The van der Waals surface area contributed by atoms with Crippen LogP contribution < -0.4 is 15.1 Å². The zero-order chi connectivity index (χ0) is 30.1. The van der Waals surface area contributed by atoms with Crippen LogP contribution in [0.5, 0.6) is 0 Å². The van der Waals surface area contributed by atoms with Crippen molar-refractivity contribution in [2.24, 2.45) is 0 Å². The van der Waals surface area contributed by atoms with E-state index in [1.165, 1.54) is 6.07 Å². The first kappa shape index (κ1) is 29.0. The van der Waals surface area contributed by atoms with Crippen molar-refractivity contribution in [2.75, 3.05) is 47.8 Å². The number of fused-ring (bicyclic) bond motifs is 1. The van der Waals surface area contributed by atoms with Gasteiger partial charge in [0.15, 0.2) is 6.23 Å². The molecule has 1 unspecified atom stereocenters. The number of aliphatic hydroxyl groups excluding tert-OH is 1. The zero-order valence-electron chi connectivity index (χ0n) is 24.5. The van der Waals surface area contributed by atoms with Gasteiger partial charge in [-0.2, -0.15) is 4.98 Å². The Balaban J connectivity index is 1.22. The second-order valence-corrected chi connectivity index (χ2v) is 11.5. The summed E-state index contributed by atoms with van der Waals surface area (Å²) in [5, 5.41) is 15.1. The van der Waals surface area contributed by atoms with Gasteiger partial charge in [-0.15, -0.1) is 0 Å². The van der Waals surface area contributed by atoms with Gasteiger partial charge in [-0.1, -0.05) is 29.8 Å². The number of hydrogen-bond acceptors (Lipinski definition) is 8. The molecule has 43 heavy (non-hydrogen) atoms. The van der Waals surface area contributed by atoms with Crippen LogP contribution in [-0.2, 0) is 0 Å². The van der Waals surface area contributed by atoms with Crippen molar-refractivity contribution >= 4 is 46.4 Å². The average Bonchev–Trinajstić information content (AvgIpc) is 3.01. The first-order valence-corrected chi connectivity index (χ1v) is 15.0. The van der Waals surface area contributed by atoms with Crippen molar-refractivity contribution in [3.8, 4) is 11.1 Å². The van der Waals surface area contributed by atoms with Crippen molar-refractivity contribution in [3.63, 3.8) is 0 Å². The molecule has 10 heteroatoms. The number of halogens is 2. The second-order valence-electron chi connectivity index (χ2n) is 11.1. The molecule has 222 valence electrons. The summed E-state index contributed by atoms with van der Waals surface area (Å²) in [6.07, 6.45) is 6.13. The topological polar surface area (TPSA) is 80.7 Å². The van der Waals surface area contributed by atoms with Crippen molar-refractivity contribution < 1.29 is 9.50 Å². The molecule has 2 aromatic carbocycles. The highest BCUT2D eigenvalue weighted by atomic mass is 35.5. The Kier molecular flexibility index (Phi) is 8.30. The van der Waals surface area contributed by atoms with Gasteiger partial charge in [-0.05, 0) is 62.7 Å². The van der Waals surface area contributed by atoms with Crippen molar-refractivity contribution in [2.45, 2.75) is 33.0 Å². The number of hydrogen-bond donors (Lipinski definition) is 2. The smallest absolute Gasteiger partial charge is 0.229 e. The minimum Gasteiger partial charge on any atom is -0.369 e. The summed E-state index contributed by atoms with van der Waals surface area (Å²) in [4.78, 5) is 19.7. The van der Waals surface area contributed by atoms with Crippen LogP contribution in [-0.4, -0.2) is 70.0 Å². The molecule has 0 aliphatic carbocycles. The van der Waals surface area contributed by atoms with Crippen LogP contribution >= 0.6 is 11.6 Å². The van der Waals surface area contributed by atoms with Crippen LogP contribution in [0.3, 0.4) is 0 Å². The van der Waals surface area contributed by atoms with Crippen molar-refractivity contribution in [1.82, 2.24) is 19.9 Å². The standard InChI is InChI=1S/C33H35ClFN7O/c1-4-42-31-24(16-27(32(42)43)26-9-7-22(17-28(26)34)23-6-5-11-36-19-23)20-37-33(39-31)38-25-8-10-30(29(35)18-25)41-14-12-40(13-15-41)21(2)3/h5-11,16-21,32,43H,4,12-15H2,1-3H3,(H,37,38,39). The molecule has 4 aromatic rings. The van der Waals surface area contributed by atoms with E-state index in [9.17, 15) is 5.11 Å². The Hall–Kier alpha value is -4.05. The monoisotopic (exact) mass is 599 g/mol. The molecule has 8 nitrogen and oxygen atoms in total. The minimum atomic E-state index is -0.963. The molecule has 0 spiro atoms. The third kappa shape index (κ3) is 5.93. The third-order valence-electron chi connectivity index (χ3n) is 8.16. The number of anilines is 4. The van der Waals surface area contributed by atoms with Gasteiger partial charge in [-0.3, -0.25) is 9.88 Å². The van der Waals surface area contributed by atoms with Gasteiger partial charge < -0.3 is 20.2 Å². The maximum absolute atomic E-state index is 15.2. The number of likely N-dealkylation sites (N-methyl/N-ethyl adjacent to an activating group) is 1. The fourth-order valence-electron chi connectivity index (χ4n) is 5.75. The van der Waals surface area contributed by atoms with Crippen LogP contribution in [0.25, 0.3) is 22.8 Å². The predicted molar refractivity (Wildman–Crippen MR) is 172 cm³/mol. The van der Waals surface area contributed by atoms with Gasteiger partial charge in [0, 0.05) is 90.3 Å². The number of piperazine rings is 1. The Bertz CT molecular complexity index is 1640. The number of nitrogens with one attached hydrogen (secondary N) is 1. The molecule has 4 heterocycles. The highest BCUT2D eigenvalue weighted by Gasteiger charge is 2.30. The molecule has 6 rings (SSSR count). The zero-order valence-corrected chi connectivity index (χ0v) is 25.3. The van der Waals surface area contributed by atoms with Crippen LogP contribution in [0.4, 0.5) is 27.5 Å². The number of benzene rings is 2. The average molecular weight is 600 g/mol. The molecule has 0 amide bonds. The molecular weight excluding hydrogens is 565 g/mol. The fraction of sp³-hybridized carbons (Fsp3) is 0.303. The molecule has 1 saturated heterocycles. The Morgan fingerprint density at radius 2 is 1.86 bits per heavy atom. The second kappa shape index (κ2) is 12.3. The molecule has 0 radical (unpaired) electrons. The summed E-state index contributed by atoms with van der Waals surface area (Å²) in [6.45, 7) is 10.2. The van der Waals surface area contributed by atoms with E-state index in [1.54, 1.807) is 23.5 Å². The van der Waals surface area contributed by atoms with Gasteiger partial charge in [-0.25, -0.2) is 9.37 Å². The normalized spacial score (nSPS) is 17.2. The van der Waals surface area contributed by atoms with E-state index in [4.69, 9.17) is 16.6 Å². The first-order valence-electron chi connectivity index (χ1n) is 14.6. The van der Waals surface area contributed by atoms with E-state index in [0.717, 1.165) is 48.4 Å². The van der Waals surface area contributed by atoms with Crippen molar-refractivity contribution in [3.05, 3.63) is 89.1 Å². The molecule has 0 bridgehead atoms. The summed E-state index contributed by atoms with van der Waals surface area (Å²) < 4.78 is 15.2. The maximum atomic E-state index is 15.2. The molecule has 1 atom stereocenters. The lowest BCUT2D eigenvalue weighted by Crippen LogP contribution is -2.49. The quantitative estimate of drug-likeness (QED) is 0.256. The predicted octanol–water partition coefficient (Wildman–Crippen LogP) is 6.30. The number of aromatic nitrogens is 3. The Morgan fingerprint density at radius 1 is 1.05 bits per heavy atom. The molecule has 2 aliphatic rings. The first-order chi connectivity index (χ1) is 20.8. The largest absolute Gasteiger partial charge is 0.369 e. The molecular formula is C33H35ClFN7O. The molecule has 1 fully saturated rings. The van der Waals surface area contributed by atoms with Crippen LogP contribution in [0.1, 0.15) is 31.9 Å². The van der Waals surface area contributed by atoms with E-state index in [2.05, 4.69) is 38.9 Å². The Morgan fingerprint density at radius 3 is 2.53 bits per heavy atom. The summed E-state index contributed by atoms with van der Waals surface area (Å²) in [5.74, 6) is 0.614. The summed E-state index contributed by atoms with van der Waals surface area (Å²) >= 11 is 6.74. The minimum absolute atomic E-state index is 0.287. The highest BCUT2D eigenvalue weighted by molar-refractivity contribution is 6.33. The van der Waals surface area contributed by atoms with Gasteiger partial charge in [0.1, 0.15) is 11.6 Å². The number of pyridine rings is 1. The van der Waals surface area contributed by atoms with Crippen LogP contribution in [0.2, 0.25) is 5.02 Å². The van der Waals surface area contributed by atoms with Crippen molar-refractivity contribution in [1.29, 1.82) is 0 Å². The highest BCUT2D eigenvalue weighted by Crippen LogP contribution is 2.39. The van der Waals surface area contributed by atoms with E-state index in [1.807, 2.05) is 55.5 Å². The number of rotatable bonds is 7. The van der Waals surface area contributed by atoms with E-state index in [-0.39, 0.29) is 5.82 Å². The lowest BCUT2D eigenvalue weighted by molar-refractivity contribution is 0.209. The van der Waals surface area contributed by atoms with E-state index >= 15 is 4.39 Å². The molecule has 2 aromatic heterocycles.